The average Bonchev–Trinajstić information content (AvgIpc) is 2.34. The molecule has 5 heteroatoms. The lowest BCUT2D eigenvalue weighted by molar-refractivity contribution is 0.213. The van der Waals surface area contributed by atoms with E-state index < -0.39 is 0 Å². The molecule has 2 rings (SSSR count). The van der Waals surface area contributed by atoms with E-state index in [0.717, 1.165) is 37.4 Å². The highest BCUT2D eigenvalue weighted by atomic mass is 35.5. The van der Waals surface area contributed by atoms with E-state index in [1.807, 2.05) is 6.92 Å². The van der Waals surface area contributed by atoms with Gasteiger partial charge in [-0.05, 0) is 20.4 Å². The van der Waals surface area contributed by atoms with Crippen LogP contribution in [0.2, 0.25) is 5.15 Å². The number of piperazine rings is 1. The maximum Gasteiger partial charge on any atom is 0.137 e. The van der Waals surface area contributed by atoms with Gasteiger partial charge in [0.2, 0.25) is 0 Å². The summed E-state index contributed by atoms with van der Waals surface area (Å²) < 4.78 is 0. The second-order valence-electron chi connectivity index (χ2n) is 4.60. The van der Waals surface area contributed by atoms with Gasteiger partial charge in [-0.15, -0.1) is 0 Å². The molecular weight excluding hydrogens is 236 g/mol. The van der Waals surface area contributed by atoms with Crippen LogP contribution in [0.25, 0.3) is 0 Å². The van der Waals surface area contributed by atoms with Crippen molar-refractivity contribution in [2.24, 2.45) is 0 Å². The normalized spacial score (nSPS) is 21.9. The van der Waals surface area contributed by atoms with Crippen LogP contribution in [0.4, 0.5) is 5.82 Å². The first kappa shape index (κ1) is 12.6. The second kappa shape index (κ2) is 5.19. The molecule has 2 heterocycles. The van der Waals surface area contributed by atoms with Gasteiger partial charge in [0.15, 0.2) is 0 Å². The molecule has 1 aliphatic heterocycles. The van der Waals surface area contributed by atoms with Crippen LogP contribution >= 0.6 is 11.6 Å². The van der Waals surface area contributed by atoms with Crippen molar-refractivity contribution in [3.63, 3.8) is 0 Å². The molecule has 1 fully saturated rings. The quantitative estimate of drug-likeness (QED) is 0.756. The molecular formula is C12H19ClN4. The molecule has 0 aliphatic carbocycles. The van der Waals surface area contributed by atoms with Crippen LogP contribution in [0, 0.1) is 6.92 Å². The number of hydrogen-bond donors (Lipinski definition) is 0. The third kappa shape index (κ3) is 2.53. The number of aromatic nitrogens is 2. The fraction of sp³-hybridized carbons (Fsp3) is 0.667. The minimum atomic E-state index is 0.557. The van der Waals surface area contributed by atoms with Gasteiger partial charge in [-0.1, -0.05) is 18.5 Å². The van der Waals surface area contributed by atoms with Crippen LogP contribution < -0.4 is 4.90 Å². The molecule has 0 aromatic carbocycles. The predicted octanol–water partition coefficient (Wildman–Crippen LogP) is 1.97. The molecule has 1 atom stereocenters. The van der Waals surface area contributed by atoms with Crippen molar-refractivity contribution in [1.82, 2.24) is 14.9 Å². The van der Waals surface area contributed by atoms with Gasteiger partial charge in [-0.25, -0.2) is 9.97 Å². The van der Waals surface area contributed by atoms with E-state index in [9.17, 15) is 0 Å². The zero-order chi connectivity index (χ0) is 12.4. The van der Waals surface area contributed by atoms with Gasteiger partial charge in [0, 0.05) is 31.2 Å². The van der Waals surface area contributed by atoms with E-state index >= 15 is 0 Å². The zero-order valence-corrected chi connectivity index (χ0v) is 11.4. The highest BCUT2D eigenvalue weighted by Gasteiger charge is 2.25. The van der Waals surface area contributed by atoms with Crippen molar-refractivity contribution >= 4 is 17.4 Å². The van der Waals surface area contributed by atoms with E-state index in [1.54, 1.807) is 6.33 Å². The summed E-state index contributed by atoms with van der Waals surface area (Å²) in [7, 11) is 2.19. The topological polar surface area (TPSA) is 32.3 Å². The fourth-order valence-electron chi connectivity index (χ4n) is 2.32. The molecule has 4 nitrogen and oxygen atoms in total. The summed E-state index contributed by atoms with van der Waals surface area (Å²) in [6.45, 7) is 7.29. The van der Waals surface area contributed by atoms with E-state index in [1.165, 1.54) is 0 Å². The molecule has 0 saturated carbocycles. The summed E-state index contributed by atoms with van der Waals surface area (Å²) in [5, 5.41) is 0.557. The third-order valence-electron chi connectivity index (χ3n) is 3.54. The number of anilines is 1. The summed E-state index contributed by atoms with van der Waals surface area (Å²) in [6, 6.07) is 0.594. The lowest BCUT2D eigenvalue weighted by atomic mass is 10.1. The molecule has 1 aromatic heterocycles. The van der Waals surface area contributed by atoms with Gasteiger partial charge in [0.25, 0.3) is 0 Å². The second-order valence-corrected chi connectivity index (χ2v) is 4.96. The van der Waals surface area contributed by atoms with E-state index in [4.69, 9.17) is 11.6 Å². The van der Waals surface area contributed by atoms with Crippen molar-refractivity contribution in [3.05, 3.63) is 17.0 Å². The number of rotatable bonds is 2. The third-order valence-corrected chi connectivity index (χ3v) is 3.92. The van der Waals surface area contributed by atoms with Crippen LogP contribution in [0.15, 0.2) is 6.33 Å². The first-order chi connectivity index (χ1) is 8.13. The Bertz CT molecular complexity index is 396. The first-order valence-corrected chi connectivity index (χ1v) is 6.43. The van der Waals surface area contributed by atoms with Crippen molar-refractivity contribution in [3.8, 4) is 0 Å². The Balaban J connectivity index is 2.20. The Labute approximate surface area is 108 Å². The Morgan fingerprint density at radius 1 is 1.41 bits per heavy atom. The fourth-order valence-corrected chi connectivity index (χ4v) is 2.45. The molecule has 0 amide bonds. The summed E-state index contributed by atoms with van der Waals surface area (Å²) in [4.78, 5) is 13.1. The van der Waals surface area contributed by atoms with E-state index in [-0.39, 0.29) is 0 Å². The molecule has 1 unspecified atom stereocenters. The minimum absolute atomic E-state index is 0.557. The molecule has 1 aliphatic rings. The maximum absolute atomic E-state index is 6.04. The van der Waals surface area contributed by atoms with Crippen LogP contribution in [-0.4, -0.2) is 47.6 Å². The van der Waals surface area contributed by atoms with E-state index in [0.29, 0.717) is 11.2 Å². The van der Waals surface area contributed by atoms with Crippen molar-refractivity contribution in [2.45, 2.75) is 26.3 Å². The standard InChI is InChI=1S/C12H19ClN4/c1-4-10-7-17(6-5-16(10)3)12-9(2)11(13)14-8-15-12/h8,10H,4-7H2,1-3H3. The molecule has 17 heavy (non-hydrogen) atoms. The lowest BCUT2D eigenvalue weighted by Crippen LogP contribution is -2.51. The highest BCUT2D eigenvalue weighted by molar-refractivity contribution is 6.30. The Morgan fingerprint density at radius 2 is 2.18 bits per heavy atom. The molecule has 94 valence electrons. The van der Waals surface area contributed by atoms with Crippen molar-refractivity contribution in [1.29, 1.82) is 0 Å². The molecule has 0 bridgehead atoms. The minimum Gasteiger partial charge on any atom is -0.353 e. The molecule has 0 spiro atoms. The Hall–Kier alpha value is -0.870. The van der Waals surface area contributed by atoms with E-state index in [2.05, 4.69) is 33.7 Å². The van der Waals surface area contributed by atoms with Gasteiger partial charge < -0.3 is 4.90 Å². The lowest BCUT2D eigenvalue weighted by Gasteiger charge is -2.40. The number of nitrogens with zero attached hydrogens (tertiary/aromatic N) is 4. The molecule has 0 N–H and O–H groups in total. The van der Waals surface area contributed by atoms with Gasteiger partial charge in [0.05, 0.1) is 0 Å². The zero-order valence-electron chi connectivity index (χ0n) is 10.6. The summed E-state index contributed by atoms with van der Waals surface area (Å²) >= 11 is 6.04. The Kier molecular flexibility index (Phi) is 3.84. The predicted molar refractivity (Wildman–Crippen MR) is 70.7 cm³/mol. The van der Waals surface area contributed by atoms with Crippen molar-refractivity contribution < 1.29 is 0 Å². The van der Waals surface area contributed by atoms with Gasteiger partial charge in [0.1, 0.15) is 17.3 Å². The van der Waals surface area contributed by atoms with Gasteiger partial charge >= 0.3 is 0 Å². The molecule has 1 saturated heterocycles. The highest BCUT2D eigenvalue weighted by Crippen LogP contribution is 2.24. The van der Waals surface area contributed by atoms with Gasteiger partial charge in [-0.3, -0.25) is 4.90 Å². The SMILES string of the molecule is CCC1CN(c2ncnc(Cl)c2C)CCN1C. The van der Waals surface area contributed by atoms with Crippen LogP contribution in [0.5, 0.6) is 0 Å². The summed E-state index contributed by atoms with van der Waals surface area (Å²) in [6.07, 6.45) is 2.70. The number of likely N-dealkylation sites (N-methyl/N-ethyl adjacent to an activating group) is 1. The largest absolute Gasteiger partial charge is 0.353 e. The molecule has 0 radical (unpaired) electrons. The van der Waals surface area contributed by atoms with Crippen LogP contribution in [-0.2, 0) is 0 Å². The van der Waals surface area contributed by atoms with Crippen LogP contribution in [0.3, 0.4) is 0 Å². The van der Waals surface area contributed by atoms with Crippen molar-refractivity contribution in [2.75, 3.05) is 31.6 Å². The summed E-state index contributed by atoms with van der Waals surface area (Å²) in [5.41, 5.74) is 0.980. The Morgan fingerprint density at radius 3 is 2.88 bits per heavy atom. The number of halogens is 1. The number of hydrogen-bond acceptors (Lipinski definition) is 4. The van der Waals surface area contributed by atoms with Crippen LogP contribution in [0.1, 0.15) is 18.9 Å². The maximum atomic E-state index is 6.04. The molecule has 1 aromatic rings. The summed E-state index contributed by atoms with van der Waals surface area (Å²) in [5.74, 6) is 0.983. The smallest absolute Gasteiger partial charge is 0.137 e. The average molecular weight is 255 g/mol. The van der Waals surface area contributed by atoms with Gasteiger partial charge in [-0.2, -0.15) is 0 Å². The first-order valence-electron chi connectivity index (χ1n) is 6.05. The monoisotopic (exact) mass is 254 g/mol.